The molecule has 37 heavy (non-hydrogen) atoms. The van der Waals surface area contributed by atoms with Crippen molar-refractivity contribution in [3.8, 4) is 23.0 Å². The van der Waals surface area contributed by atoms with Gasteiger partial charge in [-0.25, -0.2) is 0 Å². The number of phenols is 1. The van der Waals surface area contributed by atoms with Gasteiger partial charge >= 0.3 is 0 Å². The van der Waals surface area contributed by atoms with Gasteiger partial charge < -0.3 is 30.0 Å². The third kappa shape index (κ3) is 4.73. The Morgan fingerprint density at radius 1 is 0.946 bits per heavy atom. The van der Waals surface area contributed by atoms with Crippen LogP contribution in [0, 0.1) is 0 Å². The maximum atomic E-state index is 13.9. The van der Waals surface area contributed by atoms with E-state index in [9.17, 15) is 9.90 Å². The van der Waals surface area contributed by atoms with Gasteiger partial charge in [0.25, 0.3) is 0 Å². The van der Waals surface area contributed by atoms with Gasteiger partial charge in [-0.05, 0) is 82.7 Å². The number of hydrogen-bond acceptors (Lipinski definition) is 7. The van der Waals surface area contributed by atoms with Crippen molar-refractivity contribution < 1.29 is 24.1 Å². The van der Waals surface area contributed by atoms with E-state index < -0.39 is 6.04 Å². The number of Topliss-reactive ketones (excluding diaryl/α,β-unsaturated/α-hetero) is 1. The smallest absolute Gasteiger partial charge is 0.172 e. The molecule has 0 saturated heterocycles. The van der Waals surface area contributed by atoms with Crippen molar-refractivity contribution in [2.75, 3.05) is 31.5 Å². The quantitative estimate of drug-likeness (QED) is 0.312. The summed E-state index contributed by atoms with van der Waals surface area (Å²) in [5.74, 6) is 1.74. The lowest BCUT2D eigenvalue weighted by Gasteiger charge is -2.30. The number of phenolic OH excluding ortho intramolecular Hbond substituents is 1. The average molecular weight is 565 g/mol. The van der Waals surface area contributed by atoms with Crippen molar-refractivity contribution in [1.82, 2.24) is 0 Å². The lowest BCUT2D eigenvalue weighted by atomic mass is 9.78. The van der Waals surface area contributed by atoms with E-state index in [-0.39, 0.29) is 17.5 Å². The van der Waals surface area contributed by atoms with Crippen LogP contribution in [-0.2, 0) is 4.79 Å². The highest BCUT2D eigenvalue weighted by Gasteiger charge is 2.36. The van der Waals surface area contributed by atoms with Crippen LogP contribution in [0.5, 0.6) is 23.0 Å². The summed E-state index contributed by atoms with van der Waals surface area (Å²) in [5, 5.41) is 17.6. The van der Waals surface area contributed by atoms with Crippen molar-refractivity contribution in [2.45, 2.75) is 31.7 Å². The molecule has 0 fully saturated rings. The van der Waals surface area contributed by atoms with Gasteiger partial charge in [0.05, 0.1) is 42.7 Å². The first-order valence-corrected chi connectivity index (χ1v) is 13.0. The second kappa shape index (κ2) is 10.4. The van der Waals surface area contributed by atoms with Crippen LogP contribution in [0.3, 0.4) is 0 Å². The highest BCUT2D eigenvalue weighted by Crippen LogP contribution is 2.47. The molecule has 8 heteroatoms. The van der Waals surface area contributed by atoms with E-state index in [0.29, 0.717) is 46.7 Å². The van der Waals surface area contributed by atoms with Gasteiger partial charge in [-0.3, -0.25) is 4.79 Å². The Bertz CT molecular complexity index is 1390. The van der Waals surface area contributed by atoms with Crippen molar-refractivity contribution in [1.29, 1.82) is 0 Å². The van der Waals surface area contributed by atoms with Crippen molar-refractivity contribution >= 4 is 33.1 Å². The van der Waals surface area contributed by atoms with E-state index in [4.69, 9.17) is 14.2 Å². The molecule has 1 aliphatic heterocycles. The normalized spacial score (nSPS) is 18.6. The lowest BCUT2D eigenvalue weighted by molar-refractivity contribution is -0.116. The largest absolute Gasteiger partial charge is 0.503 e. The van der Waals surface area contributed by atoms with Crippen LogP contribution in [0.1, 0.15) is 42.9 Å². The number of ether oxygens (including phenoxy) is 3. The van der Waals surface area contributed by atoms with Crippen molar-refractivity contribution in [3.63, 3.8) is 0 Å². The molecule has 2 atom stereocenters. The molecule has 192 valence electrons. The summed E-state index contributed by atoms with van der Waals surface area (Å²) in [5.41, 5.74) is 5.19. The zero-order chi connectivity index (χ0) is 26.1. The number of hydrogen-bond donors (Lipinski definition) is 3. The Labute approximate surface area is 224 Å². The maximum Gasteiger partial charge on any atom is 0.172 e. The molecule has 0 aromatic heterocycles. The predicted octanol–water partition coefficient (Wildman–Crippen LogP) is 6.55. The Hall–Kier alpha value is -3.65. The van der Waals surface area contributed by atoms with Crippen LogP contribution >= 0.6 is 15.9 Å². The first kappa shape index (κ1) is 25.0. The van der Waals surface area contributed by atoms with E-state index in [1.165, 1.54) is 0 Å². The molecule has 5 rings (SSSR count). The number of para-hydroxylation sites is 2. The van der Waals surface area contributed by atoms with Gasteiger partial charge in [-0.1, -0.05) is 18.2 Å². The minimum atomic E-state index is -0.430. The van der Waals surface area contributed by atoms with Crippen LogP contribution in [-0.4, -0.2) is 31.7 Å². The van der Waals surface area contributed by atoms with E-state index in [0.717, 1.165) is 28.2 Å². The van der Waals surface area contributed by atoms with Gasteiger partial charge in [-0.15, -0.1) is 0 Å². The number of nitrogens with one attached hydrogen (secondary N) is 2. The summed E-state index contributed by atoms with van der Waals surface area (Å²) in [4.78, 5) is 13.9. The fourth-order valence-corrected chi connectivity index (χ4v) is 5.57. The second-order valence-corrected chi connectivity index (χ2v) is 9.92. The molecule has 0 spiro atoms. The first-order chi connectivity index (χ1) is 17.9. The van der Waals surface area contributed by atoms with E-state index in [1.54, 1.807) is 20.3 Å². The van der Waals surface area contributed by atoms with Crippen LogP contribution in [0.4, 0.5) is 11.4 Å². The molecule has 0 unspecified atom stereocenters. The number of fused-ring (bicyclic) bond motifs is 1. The molecular weight excluding hydrogens is 536 g/mol. The molecule has 0 amide bonds. The highest BCUT2D eigenvalue weighted by atomic mass is 79.9. The molecule has 2 aliphatic rings. The van der Waals surface area contributed by atoms with E-state index >= 15 is 0 Å². The summed E-state index contributed by atoms with van der Waals surface area (Å²) in [6, 6.07) is 16.9. The van der Waals surface area contributed by atoms with E-state index in [2.05, 4.69) is 26.6 Å². The van der Waals surface area contributed by atoms with Crippen LogP contribution in [0.15, 0.2) is 70.3 Å². The zero-order valence-corrected chi connectivity index (χ0v) is 22.5. The molecular formula is C29H29BrN2O5. The standard InChI is InChI=1S/C29H29BrN2O5/c1-4-37-26-15-18(11-19(30)29(26)34)28-27-22(31-20-7-5-6-8-21(20)32-28)12-17(13-23(27)33)16-9-10-24(35-2)25(14-16)36-3/h5-11,14-15,17,28,31-32,34H,4,12-13H2,1-3H3/t17-,28+/m0/s1. The van der Waals surface area contributed by atoms with Gasteiger partial charge in [0, 0.05) is 17.7 Å². The molecule has 3 N–H and O–H groups in total. The van der Waals surface area contributed by atoms with Crippen LogP contribution < -0.4 is 24.8 Å². The minimum absolute atomic E-state index is 0.0185. The number of anilines is 2. The highest BCUT2D eigenvalue weighted by molar-refractivity contribution is 9.10. The molecule has 0 saturated carbocycles. The topological polar surface area (TPSA) is 89.1 Å². The van der Waals surface area contributed by atoms with Gasteiger partial charge in [0.2, 0.25) is 0 Å². The molecule has 0 radical (unpaired) electrons. The molecule has 3 aromatic rings. The fraction of sp³-hybridized carbons (Fsp3) is 0.276. The SMILES string of the molecule is CCOc1cc([C@H]2Nc3ccccc3NC3=C2C(=O)C[C@@H](c2ccc(OC)c(OC)c2)C3)cc(Br)c1O. The van der Waals surface area contributed by atoms with E-state index in [1.807, 2.05) is 55.5 Å². The van der Waals surface area contributed by atoms with Gasteiger partial charge in [0.1, 0.15) is 0 Å². The summed E-state index contributed by atoms with van der Waals surface area (Å²) in [7, 11) is 3.22. The number of carbonyl (C=O) groups excluding carboxylic acids is 1. The minimum Gasteiger partial charge on any atom is -0.503 e. The number of rotatable bonds is 6. The lowest BCUT2D eigenvalue weighted by Crippen LogP contribution is -2.27. The second-order valence-electron chi connectivity index (χ2n) is 9.07. The van der Waals surface area contributed by atoms with Crippen molar-refractivity contribution in [2.24, 2.45) is 0 Å². The number of allylic oxidation sites excluding steroid dienone is 1. The molecule has 1 aliphatic carbocycles. The third-order valence-corrected chi connectivity index (χ3v) is 7.48. The van der Waals surface area contributed by atoms with Crippen LogP contribution in [0.25, 0.3) is 0 Å². The summed E-state index contributed by atoms with van der Waals surface area (Å²) >= 11 is 3.46. The first-order valence-electron chi connectivity index (χ1n) is 12.2. The Balaban J connectivity index is 1.60. The Kier molecular flexibility index (Phi) is 7.02. The number of ketones is 1. The number of halogens is 1. The molecule has 1 heterocycles. The summed E-state index contributed by atoms with van der Waals surface area (Å²) in [6.07, 6.45) is 1.02. The van der Waals surface area contributed by atoms with Crippen LogP contribution in [0.2, 0.25) is 0 Å². The zero-order valence-electron chi connectivity index (χ0n) is 20.9. The van der Waals surface area contributed by atoms with Gasteiger partial charge in [0.15, 0.2) is 28.8 Å². The summed E-state index contributed by atoms with van der Waals surface area (Å²) < 4.78 is 17.1. The monoisotopic (exact) mass is 564 g/mol. The third-order valence-electron chi connectivity index (χ3n) is 6.87. The number of carbonyl (C=O) groups is 1. The molecule has 0 bridgehead atoms. The predicted molar refractivity (Wildman–Crippen MR) is 147 cm³/mol. The fourth-order valence-electron chi connectivity index (χ4n) is 5.11. The maximum absolute atomic E-state index is 13.9. The van der Waals surface area contributed by atoms with Gasteiger partial charge in [-0.2, -0.15) is 0 Å². The molecule has 7 nitrogen and oxygen atoms in total. The number of benzene rings is 3. The van der Waals surface area contributed by atoms with Crippen molar-refractivity contribution in [3.05, 3.63) is 81.5 Å². The Morgan fingerprint density at radius 2 is 1.68 bits per heavy atom. The number of aromatic hydroxyl groups is 1. The number of methoxy groups -OCH3 is 2. The Morgan fingerprint density at radius 3 is 2.41 bits per heavy atom. The average Bonchev–Trinajstić information content (AvgIpc) is 3.07. The molecule has 3 aromatic carbocycles. The summed E-state index contributed by atoms with van der Waals surface area (Å²) in [6.45, 7) is 2.27.